The van der Waals surface area contributed by atoms with Gasteiger partial charge in [-0.15, -0.1) is 11.3 Å². The molecule has 1 aromatic rings. The van der Waals surface area contributed by atoms with Crippen LogP contribution in [0.5, 0.6) is 0 Å². The molecule has 136 valence electrons. The molecule has 0 bridgehead atoms. The molecule has 1 atom stereocenters. The van der Waals surface area contributed by atoms with Gasteiger partial charge in [0.25, 0.3) is 0 Å². The molecule has 2 heterocycles. The normalized spacial score (nSPS) is 20.5. The van der Waals surface area contributed by atoms with Crippen LogP contribution in [0.2, 0.25) is 0 Å². The highest BCUT2D eigenvalue weighted by atomic mass is 32.1. The Morgan fingerprint density at radius 3 is 3.00 bits per heavy atom. The lowest BCUT2D eigenvalue weighted by atomic mass is 9.97. The summed E-state index contributed by atoms with van der Waals surface area (Å²) in [7, 11) is 0. The second-order valence-corrected chi connectivity index (χ2v) is 7.86. The zero-order valence-electron chi connectivity index (χ0n) is 14.8. The second kappa shape index (κ2) is 8.63. The average molecular weight is 362 g/mol. The van der Waals surface area contributed by atoms with E-state index in [1.807, 2.05) is 0 Å². The largest absolute Gasteiger partial charge is 0.337 e. The molecule has 1 unspecified atom stereocenters. The van der Waals surface area contributed by atoms with Gasteiger partial charge in [0.15, 0.2) is 0 Å². The fraction of sp³-hybridized carbons (Fsp3) is 0.579. The van der Waals surface area contributed by atoms with Gasteiger partial charge >= 0.3 is 6.03 Å². The van der Waals surface area contributed by atoms with Crippen LogP contribution in [0.15, 0.2) is 23.1 Å². The van der Waals surface area contributed by atoms with Gasteiger partial charge < -0.3 is 5.32 Å². The molecule has 3 rings (SSSR count). The van der Waals surface area contributed by atoms with Crippen molar-refractivity contribution in [2.24, 2.45) is 0 Å². The summed E-state index contributed by atoms with van der Waals surface area (Å²) < 4.78 is 0. The standard InChI is InChI=1S/C19H27N3O2S/c1-14-16-9-12-25-17(16)8-11-22(14)13-18(23)21-19(24)20-10-7-15-5-3-2-4-6-15/h5,9,12,14H,2-4,6-8,10-11,13H2,1H3,(H2,20,21,23,24). The lowest BCUT2D eigenvalue weighted by Crippen LogP contribution is -2.46. The number of carbonyl (C=O) groups is 2. The van der Waals surface area contributed by atoms with E-state index in [0.717, 1.165) is 32.2 Å². The molecular formula is C19H27N3O2S. The Morgan fingerprint density at radius 1 is 1.32 bits per heavy atom. The summed E-state index contributed by atoms with van der Waals surface area (Å²) in [5.41, 5.74) is 2.74. The summed E-state index contributed by atoms with van der Waals surface area (Å²) in [5, 5.41) is 7.36. The minimum atomic E-state index is -0.387. The van der Waals surface area contributed by atoms with Crippen LogP contribution in [0, 0.1) is 0 Å². The predicted octanol–water partition coefficient (Wildman–Crippen LogP) is 3.38. The molecular weight excluding hydrogens is 334 g/mol. The maximum absolute atomic E-state index is 12.2. The molecule has 1 aromatic heterocycles. The number of amides is 3. The van der Waals surface area contributed by atoms with Crippen molar-refractivity contribution in [3.8, 4) is 0 Å². The van der Waals surface area contributed by atoms with E-state index < -0.39 is 0 Å². The van der Waals surface area contributed by atoms with Gasteiger partial charge in [0, 0.05) is 24.0 Å². The number of hydrogen-bond acceptors (Lipinski definition) is 4. The van der Waals surface area contributed by atoms with Crippen LogP contribution in [-0.4, -0.2) is 36.5 Å². The zero-order valence-corrected chi connectivity index (χ0v) is 15.7. The fourth-order valence-corrected chi connectivity index (χ4v) is 4.60. The van der Waals surface area contributed by atoms with Crippen LogP contribution in [-0.2, 0) is 11.2 Å². The van der Waals surface area contributed by atoms with Crippen LogP contribution in [0.1, 0.15) is 55.5 Å². The number of carbonyl (C=O) groups excluding carboxylic acids is 2. The molecule has 2 N–H and O–H groups in total. The summed E-state index contributed by atoms with van der Waals surface area (Å²) in [5.74, 6) is -0.236. The Bertz CT molecular complexity index is 653. The fourth-order valence-electron chi connectivity index (χ4n) is 3.64. The lowest BCUT2D eigenvalue weighted by Gasteiger charge is -2.32. The summed E-state index contributed by atoms with van der Waals surface area (Å²) >= 11 is 1.79. The Balaban J connectivity index is 1.38. The number of imide groups is 1. The third-order valence-electron chi connectivity index (χ3n) is 5.12. The van der Waals surface area contributed by atoms with Crippen LogP contribution < -0.4 is 10.6 Å². The summed E-state index contributed by atoms with van der Waals surface area (Å²) in [6.45, 7) is 3.83. The molecule has 1 aliphatic heterocycles. The first-order valence-corrected chi connectivity index (χ1v) is 10.1. The van der Waals surface area contributed by atoms with Gasteiger partial charge in [0.1, 0.15) is 0 Å². The van der Waals surface area contributed by atoms with Crippen molar-refractivity contribution in [3.63, 3.8) is 0 Å². The van der Waals surface area contributed by atoms with E-state index in [2.05, 4.69) is 40.0 Å². The van der Waals surface area contributed by atoms with E-state index in [0.29, 0.717) is 6.54 Å². The second-order valence-electron chi connectivity index (χ2n) is 6.86. The van der Waals surface area contributed by atoms with Gasteiger partial charge in [-0.3, -0.25) is 15.0 Å². The van der Waals surface area contributed by atoms with Crippen LogP contribution in [0.3, 0.4) is 0 Å². The summed E-state index contributed by atoms with van der Waals surface area (Å²) in [6.07, 6.45) is 8.95. The Labute approximate surface area is 153 Å². The molecule has 6 heteroatoms. The highest BCUT2D eigenvalue weighted by Gasteiger charge is 2.26. The van der Waals surface area contributed by atoms with E-state index in [4.69, 9.17) is 0 Å². The van der Waals surface area contributed by atoms with Gasteiger partial charge in [-0.2, -0.15) is 0 Å². The highest BCUT2D eigenvalue weighted by Crippen LogP contribution is 2.32. The lowest BCUT2D eigenvalue weighted by molar-refractivity contribution is -0.121. The van der Waals surface area contributed by atoms with Gasteiger partial charge in [-0.05, 0) is 62.5 Å². The molecule has 0 saturated heterocycles. The van der Waals surface area contributed by atoms with E-state index in [-0.39, 0.29) is 24.5 Å². The minimum Gasteiger partial charge on any atom is -0.337 e. The van der Waals surface area contributed by atoms with Crippen molar-refractivity contribution in [2.45, 2.75) is 51.5 Å². The SMILES string of the molecule is CC1c2ccsc2CCN1CC(=O)NC(=O)NCCC1=CCCCC1. The van der Waals surface area contributed by atoms with Gasteiger partial charge in [-0.25, -0.2) is 4.79 Å². The molecule has 1 aliphatic carbocycles. The number of allylic oxidation sites excluding steroid dienone is 1. The van der Waals surface area contributed by atoms with Gasteiger partial charge in [0.05, 0.1) is 6.54 Å². The summed E-state index contributed by atoms with van der Waals surface area (Å²) in [4.78, 5) is 27.6. The number of rotatable bonds is 5. The number of thiophene rings is 1. The third kappa shape index (κ3) is 4.92. The zero-order chi connectivity index (χ0) is 17.6. The Hall–Kier alpha value is -1.66. The van der Waals surface area contributed by atoms with E-state index >= 15 is 0 Å². The highest BCUT2D eigenvalue weighted by molar-refractivity contribution is 7.10. The number of urea groups is 1. The van der Waals surface area contributed by atoms with Crippen molar-refractivity contribution < 1.29 is 9.59 Å². The molecule has 0 radical (unpaired) electrons. The van der Waals surface area contributed by atoms with Gasteiger partial charge in [0.2, 0.25) is 5.91 Å². The molecule has 0 aromatic carbocycles. The molecule has 0 spiro atoms. The maximum Gasteiger partial charge on any atom is 0.321 e. The summed E-state index contributed by atoms with van der Waals surface area (Å²) in [6, 6.07) is 1.98. The molecule has 5 nitrogen and oxygen atoms in total. The van der Waals surface area contributed by atoms with Crippen LogP contribution in [0.4, 0.5) is 4.79 Å². The van der Waals surface area contributed by atoms with Crippen LogP contribution >= 0.6 is 11.3 Å². The Morgan fingerprint density at radius 2 is 2.20 bits per heavy atom. The average Bonchev–Trinajstić information content (AvgIpc) is 3.08. The molecule has 0 saturated carbocycles. The smallest absolute Gasteiger partial charge is 0.321 e. The van der Waals surface area contributed by atoms with E-state index in [1.165, 1.54) is 28.9 Å². The monoisotopic (exact) mass is 361 g/mol. The first-order valence-electron chi connectivity index (χ1n) is 9.19. The van der Waals surface area contributed by atoms with Crippen molar-refractivity contribution in [3.05, 3.63) is 33.5 Å². The number of hydrogen-bond donors (Lipinski definition) is 2. The van der Waals surface area contributed by atoms with E-state index in [9.17, 15) is 9.59 Å². The maximum atomic E-state index is 12.2. The molecule has 25 heavy (non-hydrogen) atoms. The first-order chi connectivity index (χ1) is 12.1. The Kier molecular flexibility index (Phi) is 6.26. The van der Waals surface area contributed by atoms with E-state index in [1.54, 1.807) is 11.3 Å². The third-order valence-corrected chi connectivity index (χ3v) is 6.12. The van der Waals surface area contributed by atoms with Crippen molar-refractivity contribution in [1.82, 2.24) is 15.5 Å². The van der Waals surface area contributed by atoms with Crippen molar-refractivity contribution in [2.75, 3.05) is 19.6 Å². The predicted molar refractivity (Wildman–Crippen MR) is 101 cm³/mol. The quantitative estimate of drug-likeness (QED) is 0.791. The topological polar surface area (TPSA) is 61.4 Å². The number of fused-ring (bicyclic) bond motifs is 1. The number of nitrogens with zero attached hydrogens (tertiary/aromatic N) is 1. The molecule has 0 fully saturated rings. The first kappa shape index (κ1) is 18.1. The number of nitrogens with one attached hydrogen (secondary N) is 2. The van der Waals surface area contributed by atoms with Crippen molar-refractivity contribution in [1.29, 1.82) is 0 Å². The van der Waals surface area contributed by atoms with Crippen molar-refractivity contribution >= 4 is 23.3 Å². The molecule has 2 aliphatic rings. The van der Waals surface area contributed by atoms with Gasteiger partial charge in [-0.1, -0.05) is 11.6 Å². The van der Waals surface area contributed by atoms with Crippen LogP contribution in [0.25, 0.3) is 0 Å². The minimum absolute atomic E-state index is 0.224. The molecule has 3 amide bonds.